The Morgan fingerprint density at radius 3 is 2.61 bits per heavy atom. The molecule has 0 radical (unpaired) electrons. The van der Waals surface area contributed by atoms with E-state index in [1.54, 1.807) is 33.2 Å². The molecule has 0 unspecified atom stereocenters. The minimum atomic E-state index is -1.66. The van der Waals surface area contributed by atoms with Gasteiger partial charge in [-0.2, -0.15) is 0 Å². The summed E-state index contributed by atoms with van der Waals surface area (Å²) in [6, 6.07) is 8.71. The molecule has 4 aromatic rings. The molecule has 172 valence electrons. The molecule has 1 N–H and O–H groups in total. The molecule has 0 aliphatic heterocycles. The number of para-hydroxylation sites is 1. The van der Waals surface area contributed by atoms with Crippen LogP contribution in [-0.4, -0.2) is 30.8 Å². The van der Waals surface area contributed by atoms with Crippen LogP contribution in [-0.2, 0) is 11.3 Å². The van der Waals surface area contributed by atoms with Crippen molar-refractivity contribution >= 4 is 40.0 Å². The van der Waals surface area contributed by atoms with Crippen molar-refractivity contribution in [2.75, 3.05) is 11.1 Å². The van der Waals surface area contributed by atoms with Crippen molar-refractivity contribution in [1.29, 1.82) is 0 Å². The van der Waals surface area contributed by atoms with Gasteiger partial charge in [0.1, 0.15) is 0 Å². The molecule has 0 spiro atoms. The molecular formula is C22H20F3N5O2S. The van der Waals surface area contributed by atoms with Gasteiger partial charge in [0.2, 0.25) is 11.7 Å². The van der Waals surface area contributed by atoms with Crippen LogP contribution in [0.1, 0.15) is 20.3 Å². The molecule has 2 aromatic carbocycles. The molecule has 1 amide bonds. The third-order valence-corrected chi connectivity index (χ3v) is 5.98. The fraction of sp³-hybridized carbons (Fsp3) is 0.273. The number of aryl methyl sites for hydroxylation is 1. The number of hydrogen-bond acceptors (Lipinski definition) is 5. The lowest BCUT2D eigenvalue weighted by atomic mass is 10.1. The average molecular weight is 475 g/mol. The molecule has 0 aliphatic rings. The highest BCUT2D eigenvalue weighted by atomic mass is 32.2. The zero-order valence-electron chi connectivity index (χ0n) is 17.8. The predicted octanol–water partition coefficient (Wildman–Crippen LogP) is 4.24. The molecule has 33 heavy (non-hydrogen) atoms. The molecule has 2 aromatic heterocycles. The maximum Gasteiger partial charge on any atom is 0.262 e. The lowest BCUT2D eigenvalue weighted by molar-refractivity contribution is -0.113. The SMILES string of the molecule is CC(C)CCn1c(=O)c2ccccc2n2c(SCC(=O)Nc3ccc(F)c(F)c3F)nnc12. The van der Waals surface area contributed by atoms with Crippen LogP contribution in [0.5, 0.6) is 0 Å². The fourth-order valence-corrected chi connectivity index (χ4v) is 4.09. The lowest BCUT2D eigenvalue weighted by Crippen LogP contribution is -2.24. The Kier molecular flexibility index (Phi) is 6.41. The van der Waals surface area contributed by atoms with Crippen molar-refractivity contribution in [3.63, 3.8) is 0 Å². The van der Waals surface area contributed by atoms with Gasteiger partial charge in [-0.1, -0.05) is 37.7 Å². The molecule has 0 atom stereocenters. The van der Waals surface area contributed by atoms with Crippen LogP contribution >= 0.6 is 11.8 Å². The van der Waals surface area contributed by atoms with E-state index in [1.807, 2.05) is 0 Å². The molecular weight excluding hydrogens is 455 g/mol. The third kappa shape index (κ3) is 4.45. The number of carbonyl (C=O) groups is 1. The van der Waals surface area contributed by atoms with E-state index < -0.39 is 29.0 Å². The van der Waals surface area contributed by atoms with Gasteiger partial charge < -0.3 is 5.32 Å². The summed E-state index contributed by atoms with van der Waals surface area (Å²) in [5.74, 6) is -4.58. The lowest BCUT2D eigenvalue weighted by Gasteiger charge is -2.12. The highest BCUT2D eigenvalue weighted by molar-refractivity contribution is 7.99. The van der Waals surface area contributed by atoms with E-state index in [0.29, 0.717) is 34.3 Å². The Labute approximate surface area is 190 Å². The van der Waals surface area contributed by atoms with E-state index in [0.717, 1.165) is 30.3 Å². The van der Waals surface area contributed by atoms with Crippen LogP contribution in [0.4, 0.5) is 18.9 Å². The second-order valence-electron chi connectivity index (χ2n) is 7.83. The molecule has 0 aliphatic carbocycles. The number of carbonyl (C=O) groups excluding carboxylic acids is 1. The average Bonchev–Trinajstić information content (AvgIpc) is 3.22. The highest BCUT2D eigenvalue weighted by Crippen LogP contribution is 2.23. The predicted molar refractivity (Wildman–Crippen MR) is 120 cm³/mol. The summed E-state index contributed by atoms with van der Waals surface area (Å²) in [7, 11) is 0. The second kappa shape index (κ2) is 9.26. The second-order valence-corrected chi connectivity index (χ2v) is 8.78. The number of fused-ring (bicyclic) bond motifs is 3. The van der Waals surface area contributed by atoms with Gasteiger partial charge in [-0.25, -0.2) is 13.2 Å². The normalized spacial score (nSPS) is 11.6. The van der Waals surface area contributed by atoms with Crippen LogP contribution < -0.4 is 10.9 Å². The van der Waals surface area contributed by atoms with Crippen molar-refractivity contribution in [3.8, 4) is 0 Å². The van der Waals surface area contributed by atoms with E-state index in [2.05, 4.69) is 29.4 Å². The van der Waals surface area contributed by atoms with Gasteiger partial charge in [0, 0.05) is 6.54 Å². The number of nitrogens with one attached hydrogen (secondary N) is 1. The van der Waals surface area contributed by atoms with Gasteiger partial charge in [-0.3, -0.25) is 18.6 Å². The van der Waals surface area contributed by atoms with Crippen LogP contribution in [0.15, 0.2) is 46.3 Å². The summed E-state index contributed by atoms with van der Waals surface area (Å²) in [4.78, 5) is 25.4. The van der Waals surface area contributed by atoms with Gasteiger partial charge in [0.25, 0.3) is 5.56 Å². The zero-order valence-corrected chi connectivity index (χ0v) is 18.6. The van der Waals surface area contributed by atoms with E-state index in [1.165, 1.54) is 0 Å². The Balaban J connectivity index is 1.64. The van der Waals surface area contributed by atoms with E-state index in [9.17, 15) is 22.8 Å². The number of benzene rings is 2. The molecule has 7 nitrogen and oxygen atoms in total. The minimum Gasteiger partial charge on any atom is -0.323 e. The summed E-state index contributed by atoms with van der Waals surface area (Å²) in [5.41, 5.74) is -0.0364. The Bertz CT molecular complexity index is 1420. The van der Waals surface area contributed by atoms with Crippen LogP contribution in [0.3, 0.4) is 0 Å². The van der Waals surface area contributed by atoms with Crippen LogP contribution in [0, 0.1) is 23.4 Å². The quantitative estimate of drug-likeness (QED) is 0.320. The third-order valence-electron chi connectivity index (χ3n) is 5.05. The van der Waals surface area contributed by atoms with Crippen LogP contribution in [0.2, 0.25) is 0 Å². The zero-order chi connectivity index (χ0) is 23.7. The van der Waals surface area contributed by atoms with Gasteiger partial charge >= 0.3 is 0 Å². The summed E-state index contributed by atoms with van der Waals surface area (Å²) in [6.45, 7) is 4.58. The van der Waals surface area contributed by atoms with Gasteiger partial charge in [-0.05, 0) is 36.6 Å². The maximum atomic E-state index is 13.8. The first-order valence-electron chi connectivity index (χ1n) is 10.2. The number of aromatic nitrogens is 4. The largest absolute Gasteiger partial charge is 0.323 e. The summed E-state index contributed by atoms with van der Waals surface area (Å²) >= 11 is 1.02. The Morgan fingerprint density at radius 2 is 1.85 bits per heavy atom. The molecule has 0 fully saturated rings. The molecule has 2 heterocycles. The maximum absolute atomic E-state index is 13.8. The number of rotatable bonds is 7. The van der Waals surface area contributed by atoms with Crippen molar-refractivity contribution in [2.24, 2.45) is 5.92 Å². The summed E-state index contributed by atoms with van der Waals surface area (Å²) in [6.07, 6.45) is 0.769. The number of hydrogen-bond donors (Lipinski definition) is 1. The van der Waals surface area contributed by atoms with Crippen molar-refractivity contribution < 1.29 is 18.0 Å². The molecule has 0 bridgehead atoms. The fourth-order valence-electron chi connectivity index (χ4n) is 3.35. The van der Waals surface area contributed by atoms with Crippen molar-refractivity contribution in [2.45, 2.75) is 32.0 Å². The van der Waals surface area contributed by atoms with Gasteiger partial charge in [-0.15, -0.1) is 10.2 Å². The summed E-state index contributed by atoms with van der Waals surface area (Å²) < 4.78 is 43.6. The number of thioether (sulfide) groups is 1. The van der Waals surface area contributed by atoms with Crippen molar-refractivity contribution in [1.82, 2.24) is 19.2 Å². The number of halogens is 3. The monoisotopic (exact) mass is 475 g/mol. The number of anilines is 1. The Hall–Kier alpha value is -3.34. The van der Waals surface area contributed by atoms with Gasteiger partial charge in [0.15, 0.2) is 22.6 Å². The van der Waals surface area contributed by atoms with Crippen LogP contribution in [0.25, 0.3) is 16.7 Å². The Morgan fingerprint density at radius 1 is 1.09 bits per heavy atom. The molecule has 0 saturated heterocycles. The highest BCUT2D eigenvalue weighted by Gasteiger charge is 2.19. The smallest absolute Gasteiger partial charge is 0.262 e. The standard InChI is InChI=1S/C22H20F3N5O2S/c1-12(2)9-10-29-20(32)13-5-3-4-6-16(13)30-21(29)27-28-22(30)33-11-17(31)26-15-8-7-14(23)18(24)19(15)25/h3-8,12H,9-11H2,1-2H3,(H,26,31). The molecule has 0 saturated carbocycles. The summed E-state index contributed by atoms with van der Waals surface area (Å²) in [5, 5.41) is 11.4. The van der Waals surface area contributed by atoms with E-state index in [-0.39, 0.29) is 11.3 Å². The molecule has 4 rings (SSSR count). The number of nitrogens with zero attached hydrogens (tertiary/aromatic N) is 4. The van der Waals surface area contributed by atoms with Crippen molar-refractivity contribution in [3.05, 3.63) is 64.2 Å². The minimum absolute atomic E-state index is 0.172. The van der Waals surface area contributed by atoms with Gasteiger partial charge in [0.05, 0.1) is 22.3 Å². The topological polar surface area (TPSA) is 81.3 Å². The first kappa shape index (κ1) is 22.8. The first-order chi connectivity index (χ1) is 15.8. The number of amides is 1. The van der Waals surface area contributed by atoms with E-state index >= 15 is 0 Å². The molecule has 11 heteroatoms. The van der Waals surface area contributed by atoms with E-state index in [4.69, 9.17) is 0 Å². The first-order valence-corrected chi connectivity index (χ1v) is 11.2.